The molecule has 2 aromatic carbocycles. The maximum absolute atomic E-state index is 12.5. The number of carbonyl (C=O) groups is 1. The average molecular weight is 361 g/mol. The first kappa shape index (κ1) is 17.8. The summed E-state index contributed by atoms with van der Waals surface area (Å²) in [4.78, 5) is 18.2. The molecular formula is C23H27N3O. The number of hydrogen-bond acceptors (Lipinski definition) is 2. The minimum Gasteiger partial charge on any atom is -0.360 e. The van der Waals surface area contributed by atoms with Crippen LogP contribution in [0.1, 0.15) is 35.2 Å². The molecule has 0 spiro atoms. The van der Waals surface area contributed by atoms with Crippen molar-refractivity contribution >= 4 is 16.8 Å². The lowest BCUT2D eigenvalue weighted by molar-refractivity contribution is 0.0949. The topological polar surface area (TPSA) is 48.1 Å². The SMILES string of the molecule is O=C(NCCC1CCN(Cc2ccccc2)CC1)c1c[nH]c2ccccc12. The van der Waals surface area contributed by atoms with Gasteiger partial charge in [-0.3, -0.25) is 9.69 Å². The fourth-order valence-electron chi connectivity index (χ4n) is 4.02. The molecule has 2 heterocycles. The molecule has 0 aliphatic carbocycles. The highest BCUT2D eigenvalue weighted by Crippen LogP contribution is 2.22. The highest BCUT2D eigenvalue weighted by atomic mass is 16.1. The summed E-state index contributed by atoms with van der Waals surface area (Å²) in [5.74, 6) is 0.731. The molecule has 4 nitrogen and oxygen atoms in total. The van der Waals surface area contributed by atoms with E-state index in [1.54, 1.807) is 0 Å². The number of aromatic amines is 1. The number of hydrogen-bond donors (Lipinski definition) is 2. The largest absolute Gasteiger partial charge is 0.360 e. The number of fused-ring (bicyclic) bond motifs is 1. The van der Waals surface area contributed by atoms with Crippen LogP contribution in [0.25, 0.3) is 10.9 Å². The number of piperidine rings is 1. The van der Waals surface area contributed by atoms with Crippen molar-refractivity contribution in [3.05, 3.63) is 71.9 Å². The van der Waals surface area contributed by atoms with Gasteiger partial charge in [0.15, 0.2) is 0 Å². The first-order valence-electron chi connectivity index (χ1n) is 9.90. The zero-order valence-electron chi connectivity index (χ0n) is 15.7. The van der Waals surface area contributed by atoms with Crippen LogP contribution in [-0.2, 0) is 6.54 Å². The maximum Gasteiger partial charge on any atom is 0.253 e. The number of likely N-dealkylation sites (tertiary alicyclic amines) is 1. The predicted molar refractivity (Wildman–Crippen MR) is 110 cm³/mol. The van der Waals surface area contributed by atoms with E-state index in [4.69, 9.17) is 0 Å². The molecule has 3 aromatic rings. The van der Waals surface area contributed by atoms with Crippen LogP contribution >= 0.6 is 0 Å². The number of amides is 1. The lowest BCUT2D eigenvalue weighted by atomic mass is 9.93. The van der Waals surface area contributed by atoms with Gasteiger partial charge in [-0.05, 0) is 49.9 Å². The van der Waals surface area contributed by atoms with E-state index in [1.807, 2.05) is 30.5 Å². The Balaban J connectivity index is 1.21. The fourth-order valence-corrected chi connectivity index (χ4v) is 4.02. The summed E-state index contributed by atoms with van der Waals surface area (Å²) in [5.41, 5.74) is 3.14. The Labute approximate surface area is 160 Å². The lowest BCUT2D eigenvalue weighted by Gasteiger charge is -2.32. The van der Waals surface area contributed by atoms with E-state index in [1.165, 1.54) is 18.4 Å². The van der Waals surface area contributed by atoms with Gasteiger partial charge in [0.2, 0.25) is 0 Å². The molecule has 0 unspecified atom stereocenters. The summed E-state index contributed by atoms with van der Waals surface area (Å²) in [7, 11) is 0. The average Bonchev–Trinajstić information content (AvgIpc) is 3.14. The Bertz CT molecular complexity index is 879. The minimum atomic E-state index is 0.0222. The van der Waals surface area contributed by atoms with Gasteiger partial charge in [-0.2, -0.15) is 0 Å². The summed E-state index contributed by atoms with van der Waals surface area (Å²) in [6, 6.07) is 18.6. The Hall–Kier alpha value is -2.59. The summed E-state index contributed by atoms with van der Waals surface area (Å²) in [6.45, 7) is 4.10. The summed E-state index contributed by atoms with van der Waals surface area (Å²) >= 11 is 0. The number of H-pyrrole nitrogens is 1. The number of para-hydroxylation sites is 1. The van der Waals surface area contributed by atoms with E-state index in [-0.39, 0.29) is 5.91 Å². The van der Waals surface area contributed by atoms with E-state index >= 15 is 0 Å². The van der Waals surface area contributed by atoms with Crippen LogP contribution in [-0.4, -0.2) is 35.4 Å². The molecule has 1 aliphatic heterocycles. The monoisotopic (exact) mass is 361 g/mol. The zero-order valence-corrected chi connectivity index (χ0v) is 15.7. The van der Waals surface area contributed by atoms with E-state index in [0.29, 0.717) is 5.92 Å². The van der Waals surface area contributed by atoms with Crippen LogP contribution in [0.2, 0.25) is 0 Å². The first-order valence-corrected chi connectivity index (χ1v) is 9.90. The van der Waals surface area contributed by atoms with Crippen molar-refractivity contribution in [2.24, 2.45) is 5.92 Å². The van der Waals surface area contributed by atoms with Crippen molar-refractivity contribution < 1.29 is 4.79 Å². The van der Waals surface area contributed by atoms with Gasteiger partial charge < -0.3 is 10.3 Å². The molecule has 2 N–H and O–H groups in total. The molecule has 27 heavy (non-hydrogen) atoms. The normalized spacial score (nSPS) is 15.9. The second kappa shape index (κ2) is 8.40. The highest BCUT2D eigenvalue weighted by molar-refractivity contribution is 6.06. The first-order chi connectivity index (χ1) is 13.3. The molecule has 1 saturated heterocycles. The Morgan fingerprint density at radius 3 is 2.59 bits per heavy atom. The number of nitrogens with zero attached hydrogens (tertiary/aromatic N) is 1. The molecule has 1 aromatic heterocycles. The summed E-state index contributed by atoms with van der Waals surface area (Å²) in [5, 5.41) is 4.09. The predicted octanol–water partition coefficient (Wildman–Crippen LogP) is 4.20. The molecule has 0 bridgehead atoms. The highest BCUT2D eigenvalue weighted by Gasteiger charge is 2.19. The number of nitrogens with one attached hydrogen (secondary N) is 2. The molecule has 1 amide bonds. The van der Waals surface area contributed by atoms with Crippen LogP contribution in [0, 0.1) is 5.92 Å². The molecule has 0 atom stereocenters. The molecule has 0 radical (unpaired) electrons. The number of aromatic nitrogens is 1. The third-order valence-corrected chi connectivity index (χ3v) is 5.63. The molecule has 0 saturated carbocycles. The second-order valence-electron chi connectivity index (χ2n) is 7.50. The number of carbonyl (C=O) groups excluding carboxylic acids is 1. The third-order valence-electron chi connectivity index (χ3n) is 5.63. The van der Waals surface area contributed by atoms with Gasteiger partial charge in [0.25, 0.3) is 5.91 Å². The smallest absolute Gasteiger partial charge is 0.253 e. The van der Waals surface area contributed by atoms with Crippen molar-refractivity contribution in [1.82, 2.24) is 15.2 Å². The van der Waals surface area contributed by atoms with Crippen LogP contribution in [0.3, 0.4) is 0 Å². The second-order valence-corrected chi connectivity index (χ2v) is 7.50. The van der Waals surface area contributed by atoms with E-state index < -0.39 is 0 Å². The van der Waals surface area contributed by atoms with Gasteiger partial charge in [0, 0.05) is 30.2 Å². The quantitative estimate of drug-likeness (QED) is 0.691. The molecule has 1 aliphatic rings. The van der Waals surface area contributed by atoms with Crippen molar-refractivity contribution in [1.29, 1.82) is 0 Å². The molecule has 1 fully saturated rings. The zero-order chi connectivity index (χ0) is 18.5. The molecule has 140 valence electrons. The van der Waals surface area contributed by atoms with Gasteiger partial charge in [-0.1, -0.05) is 48.5 Å². The fraction of sp³-hybridized carbons (Fsp3) is 0.348. The van der Waals surface area contributed by atoms with Crippen molar-refractivity contribution in [3.8, 4) is 0 Å². The van der Waals surface area contributed by atoms with E-state index in [9.17, 15) is 4.79 Å². The van der Waals surface area contributed by atoms with Crippen LogP contribution in [0.5, 0.6) is 0 Å². The Kier molecular flexibility index (Phi) is 5.54. The Morgan fingerprint density at radius 1 is 1.04 bits per heavy atom. The minimum absolute atomic E-state index is 0.0222. The Morgan fingerprint density at radius 2 is 1.78 bits per heavy atom. The standard InChI is InChI=1S/C23H27N3O/c27-23(21-16-25-22-9-5-4-8-20(21)22)24-13-10-18-11-14-26(15-12-18)17-19-6-2-1-3-7-19/h1-9,16,18,25H,10-15,17H2,(H,24,27). The molecular weight excluding hydrogens is 334 g/mol. The van der Waals surface area contributed by atoms with Gasteiger partial charge in [0.1, 0.15) is 0 Å². The van der Waals surface area contributed by atoms with E-state index in [2.05, 4.69) is 45.5 Å². The van der Waals surface area contributed by atoms with Crippen molar-refractivity contribution in [2.45, 2.75) is 25.8 Å². The maximum atomic E-state index is 12.5. The van der Waals surface area contributed by atoms with Gasteiger partial charge >= 0.3 is 0 Å². The van der Waals surface area contributed by atoms with Crippen LogP contribution < -0.4 is 5.32 Å². The third kappa shape index (κ3) is 4.40. The number of benzene rings is 2. The van der Waals surface area contributed by atoms with Crippen molar-refractivity contribution in [3.63, 3.8) is 0 Å². The van der Waals surface area contributed by atoms with Gasteiger partial charge in [-0.15, -0.1) is 0 Å². The summed E-state index contributed by atoms with van der Waals surface area (Å²) in [6.07, 6.45) is 5.31. The van der Waals surface area contributed by atoms with Crippen molar-refractivity contribution in [2.75, 3.05) is 19.6 Å². The van der Waals surface area contributed by atoms with Gasteiger partial charge in [-0.25, -0.2) is 0 Å². The van der Waals surface area contributed by atoms with E-state index in [0.717, 1.165) is 49.1 Å². The van der Waals surface area contributed by atoms with Crippen LogP contribution in [0.15, 0.2) is 60.8 Å². The van der Waals surface area contributed by atoms with Crippen LogP contribution in [0.4, 0.5) is 0 Å². The summed E-state index contributed by atoms with van der Waals surface area (Å²) < 4.78 is 0. The van der Waals surface area contributed by atoms with Gasteiger partial charge in [0.05, 0.1) is 5.56 Å². The number of rotatable bonds is 6. The molecule has 4 rings (SSSR count). The molecule has 4 heteroatoms. The lowest BCUT2D eigenvalue weighted by Crippen LogP contribution is -2.34.